The molecule has 0 spiro atoms. The quantitative estimate of drug-likeness (QED) is 0.318. The number of anilines is 2. The molecule has 10 heteroatoms. The largest absolute Gasteiger partial charge is 0.382 e. The molecule has 0 unspecified atom stereocenters. The number of nitrogens with two attached hydrogens (primary N) is 4. The number of hydrogen-bond donors (Lipinski definition) is 6. The maximum atomic E-state index is 11.7. The molecule has 1 rings (SSSR count). The summed E-state index contributed by atoms with van der Waals surface area (Å²) in [5.41, 5.74) is 21.4. The molecule has 0 fully saturated rings. The highest BCUT2D eigenvalue weighted by molar-refractivity contribution is 6.00. The Kier molecular flexibility index (Phi) is 5.62. The van der Waals surface area contributed by atoms with Crippen LogP contribution in [-0.2, 0) is 0 Å². The first-order chi connectivity index (χ1) is 9.51. The van der Waals surface area contributed by atoms with E-state index in [2.05, 4.69) is 20.6 Å². The summed E-state index contributed by atoms with van der Waals surface area (Å²) in [6, 6.07) is 0. The molecule has 10 nitrogen and oxygen atoms in total. The number of amides is 2. The molecule has 0 aliphatic rings. The Morgan fingerprint density at radius 1 is 0.850 bits per heavy atom. The monoisotopic (exact) mass is 282 g/mol. The third-order valence-electron chi connectivity index (χ3n) is 2.24. The van der Waals surface area contributed by atoms with Crippen LogP contribution in [0.4, 0.5) is 11.6 Å². The Hall–Kier alpha value is -2.46. The Morgan fingerprint density at radius 2 is 1.20 bits per heavy atom. The molecule has 0 radical (unpaired) electrons. The fraction of sp³-hybridized carbons (Fsp3) is 0.400. The molecule has 110 valence electrons. The topological polar surface area (TPSA) is 188 Å². The molecule has 0 aliphatic heterocycles. The molecule has 0 atom stereocenters. The minimum Gasteiger partial charge on any atom is -0.382 e. The van der Waals surface area contributed by atoms with E-state index >= 15 is 0 Å². The van der Waals surface area contributed by atoms with Crippen molar-refractivity contribution in [1.29, 1.82) is 0 Å². The molecule has 0 aliphatic carbocycles. The van der Waals surface area contributed by atoms with Crippen LogP contribution < -0.4 is 33.6 Å². The summed E-state index contributed by atoms with van der Waals surface area (Å²) in [4.78, 5) is 31.0. The molecular weight excluding hydrogens is 264 g/mol. The molecule has 1 aromatic rings. The van der Waals surface area contributed by atoms with Crippen molar-refractivity contribution in [3.05, 3.63) is 11.4 Å². The predicted octanol–water partition coefficient (Wildman–Crippen LogP) is -2.98. The van der Waals surface area contributed by atoms with E-state index in [0.29, 0.717) is 0 Å². The summed E-state index contributed by atoms with van der Waals surface area (Å²) in [5, 5.41) is 4.96. The van der Waals surface area contributed by atoms with Crippen molar-refractivity contribution in [2.75, 3.05) is 37.6 Å². The van der Waals surface area contributed by atoms with Crippen LogP contribution in [-0.4, -0.2) is 48.0 Å². The highest BCUT2D eigenvalue weighted by Gasteiger charge is 2.19. The summed E-state index contributed by atoms with van der Waals surface area (Å²) in [6.45, 7) is 1.07. The Morgan fingerprint density at radius 3 is 1.50 bits per heavy atom. The van der Waals surface area contributed by atoms with Crippen LogP contribution >= 0.6 is 0 Å². The van der Waals surface area contributed by atoms with Gasteiger partial charge in [-0.05, 0) is 0 Å². The second-order valence-electron chi connectivity index (χ2n) is 3.78. The van der Waals surface area contributed by atoms with E-state index in [1.807, 2.05) is 0 Å². The third kappa shape index (κ3) is 3.76. The molecule has 0 saturated carbocycles. The zero-order valence-corrected chi connectivity index (χ0v) is 10.8. The summed E-state index contributed by atoms with van der Waals surface area (Å²) in [7, 11) is 0. The standard InChI is InChI=1S/C10H18N8O2/c11-1-3-15-9(19)5-7(13)18-6(8(14)17-5)10(20)16-4-2-12/h1-4,11-12H2,(H2,14,17)(H2,13,18)(H,15,19)(H,16,20). The smallest absolute Gasteiger partial charge is 0.273 e. The number of nitrogens with one attached hydrogen (secondary N) is 2. The number of nitrogen functional groups attached to an aromatic ring is 2. The van der Waals surface area contributed by atoms with Crippen LogP contribution in [0.2, 0.25) is 0 Å². The van der Waals surface area contributed by atoms with E-state index in [-0.39, 0.29) is 49.2 Å². The second-order valence-corrected chi connectivity index (χ2v) is 3.78. The van der Waals surface area contributed by atoms with Gasteiger partial charge < -0.3 is 33.6 Å². The van der Waals surface area contributed by atoms with Gasteiger partial charge in [0.15, 0.2) is 23.0 Å². The number of hydrogen-bond acceptors (Lipinski definition) is 8. The summed E-state index contributed by atoms with van der Waals surface area (Å²) in [5.74, 6) is -1.49. The first-order valence-electron chi connectivity index (χ1n) is 5.90. The number of carbonyl (C=O) groups is 2. The van der Waals surface area contributed by atoms with Crippen molar-refractivity contribution in [2.45, 2.75) is 0 Å². The van der Waals surface area contributed by atoms with Gasteiger partial charge in [0.25, 0.3) is 11.8 Å². The first kappa shape index (κ1) is 15.6. The molecule has 1 aromatic heterocycles. The van der Waals surface area contributed by atoms with Crippen LogP contribution in [0, 0.1) is 0 Å². The van der Waals surface area contributed by atoms with E-state index in [4.69, 9.17) is 22.9 Å². The molecule has 10 N–H and O–H groups in total. The van der Waals surface area contributed by atoms with Gasteiger partial charge in [0.05, 0.1) is 0 Å². The lowest BCUT2D eigenvalue weighted by Crippen LogP contribution is -2.33. The van der Waals surface area contributed by atoms with Crippen molar-refractivity contribution in [1.82, 2.24) is 20.6 Å². The molecule has 20 heavy (non-hydrogen) atoms. The van der Waals surface area contributed by atoms with Gasteiger partial charge in [-0.25, -0.2) is 9.97 Å². The van der Waals surface area contributed by atoms with Gasteiger partial charge >= 0.3 is 0 Å². The maximum Gasteiger partial charge on any atom is 0.273 e. The van der Waals surface area contributed by atoms with Gasteiger partial charge in [0.1, 0.15) is 0 Å². The van der Waals surface area contributed by atoms with Crippen LogP contribution in [0.1, 0.15) is 21.0 Å². The highest BCUT2D eigenvalue weighted by atomic mass is 16.2. The second kappa shape index (κ2) is 7.21. The fourth-order valence-electron chi connectivity index (χ4n) is 1.33. The van der Waals surface area contributed by atoms with Crippen LogP contribution in [0.3, 0.4) is 0 Å². The van der Waals surface area contributed by atoms with Gasteiger partial charge in [-0.15, -0.1) is 0 Å². The zero-order valence-electron chi connectivity index (χ0n) is 10.8. The maximum absolute atomic E-state index is 11.7. The van der Waals surface area contributed by atoms with Crippen LogP contribution in [0.15, 0.2) is 0 Å². The van der Waals surface area contributed by atoms with Crippen molar-refractivity contribution < 1.29 is 9.59 Å². The molecule has 1 heterocycles. The third-order valence-corrected chi connectivity index (χ3v) is 2.24. The average Bonchev–Trinajstić information content (AvgIpc) is 2.44. The number of rotatable bonds is 6. The molecule has 0 saturated heterocycles. The van der Waals surface area contributed by atoms with Gasteiger partial charge in [-0.2, -0.15) is 0 Å². The van der Waals surface area contributed by atoms with Crippen molar-refractivity contribution >= 4 is 23.5 Å². The van der Waals surface area contributed by atoms with Gasteiger partial charge in [-0.3, -0.25) is 9.59 Å². The Bertz CT molecular complexity index is 459. The highest BCUT2D eigenvalue weighted by Crippen LogP contribution is 2.12. The first-order valence-corrected chi connectivity index (χ1v) is 5.90. The Balaban J connectivity index is 2.96. The van der Waals surface area contributed by atoms with E-state index in [9.17, 15) is 9.59 Å². The zero-order chi connectivity index (χ0) is 15.1. The minimum atomic E-state index is -0.555. The number of aromatic nitrogens is 2. The van der Waals surface area contributed by atoms with E-state index < -0.39 is 11.8 Å². The molecule has 0 aromatic carbocycles. The average molecular weight is 282 g/mol. The summed E-state index contributed by atoms with van der Waals surface area (Å²) in [6.07, 6.45) is 0. The van der Waals surface area contributed by atoms with E-state index in [1.54, 1.807) is 0 Å². The van der Waals surface area contributed by atoms with Gasteiger partial charge in [0.2, 0.25) is 0 Å². The predicted molar refractivity (Wildman–Crippen MR) is 73.6 cm³/mol. The molecule has 2 amide bonds. The SMILES string of the molecule is NCCNC(=O)c1nc(N)c(C(=O)NCCN)nc1N. The minimum absolute atomic E-state index is 0.147. The lowest BCUT2D eigenvalue weighted by Gasteiger charge is -2.09. The molecule has 0 bridgehead atoms. The van der Waals surface area contributed by atoms with E-state index in [0.717, 1.165) is 0 Å². The normalized spacial score (nSPS) is 10.1. The number of carbonyl (C=O) groups excluding carboxylic acids is 2. The van der Waals surface area contributed by atoms with Crippen molar-refractivity contribution in [3.8, 4) is 0 Å². The summed E-state index contributed by atoms with van der Waals surface area (Å²) >= 11 is 0. The lowest BCUT2D eigenvalue weighted by atomic mass is 10.3. The lowest BCUT2D eigenvalue weighted by molar-refractivity contribution is 0.0936. The van der Waals surface area contributed by atoms with Crippen LogP contribution in [0.25, 0.3) is 0 Å². The van der Waals surface area contributed by atoms with Gasteiger partial charge in [-0.1, -0.05) is 0 Å². The Labute approximate surface area is 115 Å². The van der Waals surface area contributed by atoms with Gasteiger partial charge in [0, 0.05) is 26.2 Å². The van der Waals surface area contributed by atoms with E-state index in [1.165, 1.54) is 0 Å². The van der Waals surface area contributed by atoms with Crippen molar-refractivity contribution in [2.24, 2.45) is 11.5 Å². The van der Waals surface area contributed by atoms with Crippen molar-refractivity contribution in [3.63, 3.8) is 0 Å². The molecular formula is C10H18N8O2. The van der Waals surface area contributed by atoms with Crippen LogP contribution in [0.5, 0.6) is 0 Å². The summed E-state index contributed by atoms with van der Waals surface area (Å²) < 4.78 is 0. The number of nitrogens with zero attached hydrogens (tertiary/aromatic N) is 2. The fourth-order valence-corrected chi connectivity index (χ4v) is 1.33.